The van der Waals surface area contributed by atoms with Crippen LogP contribution in [0.5, 0.6) is 23.0 Å². The number of unbranched alkanes of at least 4 members (excludes halogenated alkanes) is 8. The summed E-state index contributed by atoms with van der Waals surface area (Å²) in [4.78, 5) is 85.0. The van der Waals surface area contributed by atoms with Crippen LogP contribution in [0.2, 0.25) is 0 Å². The number of aromatic hydroxyl groups is 4. The van der Waals surface area contributed by atoms with Crippen LogP contribution in [-0.2, 0) is 105 Å². The predicted molar refractivity (Wildman–Crippen MR) is 437 cm³/mol. The maximum absolute atomic E-state index is 12.3. The Bertz CT molecular complexity index is 3040. The van der Waals surface area contributed by atoms with Crippen LogP contribution >= 0.6 is 30.4 Å². The van der Waals surface area contributed by atoms with Crippen molar-refractivity contribution in [2.75, 3.05) is 78.5 Å². The summed E-state index contributed by atoms with van der Waals surface area (Å²) in [6.45, 7) is 34.1. The summed E-state index contributed by atoms with van der Waals surface area (Å²) in [5.74, 6) is -5.64. The Morgan fingerprint density at radius 2 is 0.532 bits per heavy atom. The van der Waals surface area contributed by atoms with Crippen LogP contribution in [0.15, 0.2) is 72.8 Å². The molecule has 0 aliphatic rings. The molecule has 4 aromatic rings. The molecule has 0 aliphatic heterocycles. The third-order valence-corrected chi connectivity index (χ3v) is 26.0. The second kappa shape index (κ2) is 60.1. The number of nitrogens with zero attached hydrogens (tertiary/aromatic N) is 6. The van der Waals surface area contributed by atoms with Crippen molar-refractivity contribution in [1.82, 2.24) is 19.6 Å². The van der Waals surface area contributed by atoms with Crippen LogP contribution in [0.25, 0.3) is 0 Å². The molecule has 0 saturated heterocycles. The second-order valence-electron chi connectivity index (χ2n) is 29.1. The van der Waals surface area contributed by atoms with E-state index in [9.17, 15) is 98.3 Å². The van der Waals surface area contributed by atoms with Crippen molar-refractivity contribution in [3.8, 4) is 23.0 Å². The monoisotopic (exact) mass is 1760 g/mol. The molecule has 0 fully saturated rings. The van der Waals surface area contributed by atoms with Crippen molar-refractivity contribution in [2.45, 2.75) is 274 Å². The molecule has 4 aromatic carbocycles. The molecule has 2 radical (unpaired) electrons. The van der Waals surface area contributed by atoms with Crippen molar-refractivity contribution < 1.29 is 141 Å². The van der Waals surface area contributed by atoms with Gasteiger partial charge in [-0.25, -0.2) is 0 Å². The standard InChI is InChI=1S/2C23H36N2O10P2.2C16H36N.Ca.2Fe/c2*1-3-23(37(33,34)35)25(13-20-10-17(14-26)5-7-21(20)28)9-8-24(16(2)36(30,31)32)12-19-6-4-18(15-27)11-22(19)29;2*1-5-9-13-17(14-10-6-2,15-11-7-3)16-12-8-4;;;/h2*4-7,10-11,16,23,26-29H,3,8-9,12-15H2,1-2H3,(H2,30,31,32)(H2,33,34,35);2*5-16H2,1-4H3;;;/q;;2*+1;+2;2*+3. The first-order valence-corrected chi connectivity index (χ1v) is 46.2. The number of aliphatic hydroxyl groups is 4. The minimum Gasteiger partial charge on any atom is -0.508 e. The first-order chi connectivity index (χ1) is 50.9. The van der Waals surface area contributed by atoms with Gasteiger partial charge in [-0.15, -0.1) is 0 Å². The first-order valence-electron chi connectivity index (χ1n) is 39.4. The number of quaternary nitrogens is 2. The largest absolute Gasteiger partial charge is 3.00 e. The topological polar surface area (TPSA) is 405 Å². The first kappa shape index (κ1) is 114. The maximum atomic E-state index is 12.3. The number of rotatable bonds is 52. The molecule has 0 aromatic heterocycles. The molecule has 4 rings (SSSR count). The molecule has 4 atom stereocenters. The van der Waals surface area contributed by atoms with Gasteiger partial charge in [-0.1, -0.05) is 157 Å². The number of hydrogen-bond acceptors (Lipinski definition) is 16. The number of hydrogen-bond donors (Lipinski definition) is 16. The fourth-order valence-electron chi connectivity index (χ4n) is 13.4. The Labute approximate surface area is 716 Å². The fraction of sp³-hybridized carbons (Fsp3) is 0.692. The van der Waals surface area contributed by atoms with Crippen LogP contribution in [0.4, 0.5) is 0 Å². The van der Waals surface area contributed by atoms with E-state index in [1.807, 2.05) is 0 Å². The van der Waals surface area contributed by atoms with Gasteiger partial charge in [0, 0.05) is 74.6 Å². The summed E-state index contributed by atoms with van der Waals surface area (Å²) in [5, 5.41) is 78.7. The molecule has 33 heteroatoms. The molecule has 26 nitrogen and oxygen atoms in total. The van der Waals surface area contributed by atoms with Gasteiger partial charge in [0.05, 0.1) is 78.8 Å². The smallest absolute Gasteiger partial charge is 0.508 e. The summed E-state index contributed by atoms with van der Waals surface area (Å²) in [6.07, 6.45) is 22.2. The SMILES string of the molecule is CCC(N(CCN(Cc1ccc(CO)cc1O)C(C)P(=O)(O)O)Cc1cc(CO)ccc1O)P(=O)(O)O.CCC(N(CCN(Cc1ccc(CO)cc1O)C(C)P(=O)(O)O)Cc1cc(CO)ccc1O)P(=O)(O)O.CCCC[N+](CCCC)(CCCC)CCCC.CCCC[N+](CCCC)(CCCC)CCCC.[Ca+2].[Fe+3].[Fe+3]. The fourth-order valence-corrected chi connectivity index (χ4v) is 16.8. The van der Waals surface area contributed by atoms with Crippen LogP contribution in [0.1, 0.15) is 243 Å². The van der Waals surface area contributed by atoms with Gasteiger partial charge in [0.2, 0.25) is 0 Å². The summed E-state index contributed by atoms with van der Waals surface area (Å²) >= 11 is 0. The molecule has 111 heavy (non-hydrogen) atoms. The second-order valence-corrected chi connectivity index (χ2v) is 36.5. The average Bonchev–Trinajstić information content (AvgIpc) is 0.825. The number of phenolic OH excluding ortho intramolecular Hbond substituents is 4. The zero-order valence-corrected chi connectivity index (χ0v) is 76.8. The molecule has 0 saturated carbocycles. The van der Waals surface area contributed by atoms with Crippen molar-refractivity contribution in [3.63, 3.8) is 0 Å². The Kier molecular flexibility index (Phi) is 61.6. The van der Waals surface area contributed by atoms with E-state index in [1.54, 1.807) is 26.0 Å². The quantitative estimate of drug-likeness (QED) is 0.0111. The van der Waals surface area contributed by atoms with Gasteiger partial charge in [-0.3, -0.25) is 37.9 Å². The number of aliphatic hydroxyl groups excluding tert-OH is 4. The van der Waals surface area contributed by atoms with Crippen molar-refractivity contribution in [1.29, 1.82) is 0 Å². The van der Waals surface area contributed by atoms with E-state index in [0.29, 0.717) is 44.5 Å². The zero-order chi connectivity index (χ0) is 81.9. The summed E-state index contributed by atoms with van der Waals surface area (Å²) < 4.78 is 51.7. The minimum atomic E-state index is -4.64. The van der Waals surface area contributed by atoms with Gasteiger partial charge in [0.15, 0.2) is 0 Å². The van der Waals surface area contributed by atoms with Gasteiger partial charge in [-0.2, -0.15) is 0 Å². The summed E-state index contributed by atoms with van der Waals surface area (Å²) in [7, 11) is -18.5. The zero-order valence-electron chi connectivity index (χ0n) is 68.8. The Morgan fingerprint density at radius 3 is 0.730 bits per heavy atom. The van der Waals surface area contributed by atoms with E-state index >= 15 is 0 Å². The van der Waals surface area contributed by atoms with E-state index in [4.69, 9.17) is 0 Å². The van der Waals surface area contributed by atoms with Crippen molar-refractivity contribution in [2.24, 2.45) is 0 Å². The van der Waals surface area contributed by atoms with E-state index in [-0.39, 0.29) is 187 Å². The molecule has 0 spiro atoms. The molecular weight excluding hydrogens is 1620 g/mol. The van der Waals surface area contributed by atoms with Crippen LogP contribution in [0, 0.1) is 0 Å². The van der Waals surface area contributed by atoms with Crippen LogP contribution in [0.3, 0.4) is 0 Å². The predicted octanol–water partition coefficient (Wildman–Crippen LogP) is 13.3. The summed E-state index contributed by atoms with van der Waals surface area (Å²) in [5.41, 5.74) is 3.25. The van der Waals surface area contributed by atoms with Gasteiger partial charge in [0.25, 0.3) is 0 Å². The Balaban J connectivity index is -0.00000148. The third kappa shape index (κ3) is 43.4. The molecule has 0 amide bonds. The van der Waals surface area contributed by atoms with E-state index in [0.717, 1.165) is 0 Å². The molecule has 634 valence electrons. The van der Waals surface area contributed by atoms with E-state index < -0.39 is 53.5 Å². The van der Waals surface area contributed by atoms with E-state index in [2.05, 4.69) is 55.4 Å². The molecule has 0 heterocycles. The molecular formula is C78H144CaFe2N6O20P4+10. The van der Waals surface area contributed by atoms with Crippen molar-refractivity contribution >= 4 is 68.1 Å². The van der Waals surface area contributed by atoms with Gasteiger partial charge >= 0.3 is 102 Å². The third-order valence-electron chi connectivity index (χ3n) is 20.4. The maximum Gasteiger partial charge on any atom is 3.00 e. The minimum absolute atomic E-state index is 0. The summed E-state index contributed by atoms with van der Waals surface area (Å²) in [6, 6.07) is 17.7. The van der Waals surface area contributed by atoms with Crippen molar-refractivity contribution in [3.05, 3.63) is 117 Å². The molecule has 0 bridgehead atoms. The molecule has 0 aliphatic carbocycles. The molecule has 16 N–H and O–H groups in total. The number of benzene rings is 4. The normalized spacial score (nSPS) is 13.2. The van der Waals surface area contributed by atoms with Gasteiger partial charge in [-0.05, 0) is 137 Å². The van der Waals surface area contributed by atoms with Crippen LogP contribution < -0.4 is 0 Å². The number of phenols is 4. The Hall–Kier alpha value is -1.42. The average molecular weight is 1760 g/mol. The van der Waals surface area contributed by atoms with E-state index in [1.165, 1.54) is 258 Å². The Morgan fingerprint density at radius 1 is 0.315 bits per heavy atom. The van der Waals surface area contributed by atoms with Crippen LogP contribution in [-0.4, -0.2) is 248 Å². The van der Waals surface area contributed by atoms with Gasteiger partial charge < -0.3 is 89.0 Å². The molecule has 4 unspecified atom stereocenters. The van der Waals surface area contributed by atoms with Gasteiger partial charge in [0.1, 0.15) is 46.1 Å².